The molecule has 1 aliphatic rings. The molecule has 0 aliphatic heterocycles. The molecule has 0 N–H and O–H groups in total. The number of nitrogens with zero attached hydrogens (tertiary/aromatic N) is 2. The highest BCUT2D eigenvalue weighted by atomic mass is 15.1. The second-order valence-corrected chi connectivity index (χ2v) is 17.8. The van der Waals surface area contributed by atoms with Gasteiger partial charge in [0.25, 0.3) is 0 Å². The fourth-order valence-electron chi connectivity index (χ4n) is 10.3. The smallest absolute Gasteiger partial charge is 0.0541 e. The molecule has 0 fully saturated rings. The van der Waals surface area contributed by atoms with Gasteiger partial charge in [-0.2, -0.15) is 0 Å². The van der Waals surface area contributed by atoms with Gasteiger partial charge in [0.15, 0.2) is 0 Å². The third-order valence-corrected chi connectivity index (χ3v) is 13.6. The van der Waals surface area contributed by atoms with E-state index >= 15 is 0 Å². The number of benzene rings is 10. The first kappa shape index (κ1) is 38.5. The van der Waals surface area contributed by atoms with Gasteiger partial charge in [0.05, 0.1) is 11.0 Å². The van der Waals surface area contributed by atoms with Gasteiger partial charge < -0.3 is 9.47 Å². The second-order valence-electron chi connectivity index (χ2n) is 17.8. The quantitative estimate of drug-likeness (QED) is 0.148. The van der Waals surface area contributed by atoms with Crippen LogP contribution >= 0.6 is 0 Å². The Hall–Kier alpha value is -8.20. The van der Waals surface area contributed by atoms with Crippen LogP contribution < -0.4 is 4.90 Å². The zero-order valence-corrected chi connectivity index (χ0v) is 36.5. The van der Waals surface area contributed by atoms with Crippen LogP contribution in [0.15, 0.2) is 243 Å². The first-order chi connectivity index (χ1) is 32.0. The Morgan fingerprint density at radius 2 is 0.800 bits per heavy atom. The molecule has 2 nitrogen and oxygen atoms in total. The Bertz CT molecular complexity index is 3540. The molecule has 1 aliphatic carbocycles. The molecule has 1 aromatic heterocycles. The summed E-state index contributed by atoms with van der Waals surface area (Å²) in [5.41, 5.74) is 21.8. The van der Waals surface area contributed by atoms with Crippen LogP contribution in [0.5, 0.6) is 0 Å². The lowest BCUT2D eigenvalue weighted by atomic mass is 9.82. The van der Waals surface area contributed by atoms with Crippen LogP contribution in [0.2, 0.25) is 0 Å². The minimum Gasteiger partial charge on any atom is -0.310 e. The van der Waals surface area contributed by atoms with Crippen molar-refractivity contribution in [2.75, 3.05) is 4.90 Å². The molecule has 0 saturated carbocycles. The van der Waals surface area contributed by atoms with E-state index in [-0.39, 0.29) is 5.41 Å². The van der Waals surface area contributed by atoms with E-state index in [9.17, 15) is 0 Å². The van der Waals surface area contributed by atoms with E-state index in [1.54, 1.807) is 0 Å². The van der Waals surface area contributed by atoms with Crippen molar-refractivity contribution in [3.63, 3.8) is 0 Å². The Balaban J connectivity index is 0.923. The lowest BCUT2D eigenvalue weighted by Gasteiger charge is -2.28. The highest BCUT2D eigenvalue weighted by Gasteiger charge is 2.35. The molecule has 65 heavy (non-hydrogen) atoms. The van der Waals surface area contributed by atoms with E-state index in [4.69, 9.17) is 0 Å². The van der Waals surface area contributed by atoms with Gasteiger partial charge in [0.2, 0.25) is 0 Å². The summed E-state index contributed by atoms with van der Waals surface area (Å²) in [5.74, 6) is 0. The molecular weight excluding hydrogens is 785 g/mol. The summed E-state index contributed by atoms with van der Waals surface area (Å²) < 4.78 is 2.40. The van der Waals surface area contributed by atoms with Crippen molar-refractivity contribution in [1.82, 2.24) is 4.57 Å². The fraction of sp³-hybridized carbons (Fsp3) is 0.0476. The van der Waals surface area contributed by atoms with Gasteiger partial charge in [-0.05, 0) is 140 Å². The van der Waals surface area contributed by atoms with Crippen LogP contribution in [0.3, 0.4) is 0 Å². The first-order valence-electron chi connectivity index (χ1n) is 22.6. The predicted molar refractivity (Wildman–Crippen MR) is 275 cm³/mol. The standard InChI is InChI=1S/C63H46N2/c1-63(2)59-25-11-9-23-55(59)56-37-36-54(42-60(56)63)64(51-32-27-45(28-33-51)43-15-5-3-6-16-43)53-22-14-21-49(40-53)47-19-13-20-48(39-47)50-31-38-62-58(41-50)57-24-10-12-26-61(57)65(62)52-34-29-46(30-35-52)44-17-7-4-8-18-44/h3-42H,1-2H3. The van der Waals surface area contributed by atoms with Crippen molar-refractivity contribution >= 4 is 38.9 Å². The highest BCUT2D eigenvalue weighted by molar-refractivity contribution is 6.10. The zero-order chi connectivity index (χ0) is 43.5. The number of para-hydroxylation sites is 1. The molecule has 12 rings (SSSR count). The molecule has 10 aromatic carbocycles. The summed E-state index contributed by atoms with van der Waals surface area (Å²) in [6.07, 6.45) is 0. The van der Waals surface area contributed by atoms with E-state index < -0.39 is 0 Å². The minimum absolute atomic E-state index is 0.112. The van der Waals surface area contributed by atoms with Gasteiger partial charge in [0, 0.05) is 38.9 Å². The van der Waals surface area contributed by atoms with Crippen molar-refractivity contribution in [2.45, 2.75) is 19.3 Å². The number of rotatable bonds is 8. The molecule has 0 radical (unpaired) electrons. The summed E-state index contributed by atoms with van der Waals surface area (Å²) in [7, 11) is 0. The Labute approximate surface area is 381 Å². The number of fused-ring (bicyclic) bond motifs is 6. The van der Waals surface area contributed by atoms with Gasteiger partial charge in [-0.25, -0.2) is 0 Å². The molecule has 11 aromatic rings. The van der Waals surface area contributed by atoms with Gasteiger partial charge in [-0.15, -0.1) is 0 Å². The molecule has 1 heterocycles. The molecule has 0 bridgehead atoms. The topological polar surface area (TPSA) is 8.17 Å². The Morgan fingerprint density at radius 3 is 1.52 bits per heavy atom. The maximum atomic E-state index is 2.42. The number of aromatic nitrogens is 1. The lowest BCUT2D eigenvalue weighted by molar-refractivity contribution is 0.660. The highest BCUT2D eigenvalue weighted by Crippen LogP contribution is 2.51. The maximum absolute atomic E-state index is 2.42. The van der Waals surface area contributed by atoms with Gasteiger partial charge in [0.1, 0.15) is 0 Å². The van der Waals surface area contributed by atoms with Gasteiger partial charge >= 0.3 is 0 Å². The van der Waals surface area contributed by atoms with E-state index in [2.05, 4.69) is 266 Å². The van der Waals surface area contributed by atoms with Crippen molar-refractivity contribution in [3.8, 4) is 61.3 Å². The van der Waals surface area contributed by atoms with Crippen LogP contribution in [-0.4, -0.2) is 4.57 Å². The minimum atomic E-state index is -0.112. The van der Waals surface area contributed by atoms with E-state index in [0.29, 0.717) is 0 Å². The zero-order valence-electron chi connectivity index (χ0n) is 36.5. The summed E-state index contributed by atoms with van der Waals surface area (Å²) in [5, 5.41) is 2.49. The monoisotopic (exact) mass is 830 g/mol. The van der Waals surface area contributed by atoms with E-state index in [0.717, 1.165) is 22.7 Å². The normalized spacial score (nSPS) is 12.6. The molecule has 2 heteroatoms. The average Bonchev–Trinajstić information content (AvgIpc) is 3.82. The van der Waals surface area contributed by atoms with Gasteiger partial charge in [-0.1, -0.05) is 184 Å². The average molecular weight is 831 g/mol. The summed E-state index contributed by atoms with van der Waals surface area (Å²) in [6, 6.07) is 88.8. The Morgan fingerprint density at radius 1 is 0.308 bits per heavy atom. The van der Waals surface area contributed by atoms with Crippen LogP contribution in [0, 0.1) is 0 Å². The molecule has 0 atom stereocenters. The third-order valence-electron chi connectivity index (χ3n) is 13.6. The number of hydrogen-bond donors (Lipinski definition) is 0. The summed E-state index contributed by atoms with van der Waals surface area (Å²) >= 11 is 0. The lowest BCUT2D eigenvalue weighted by Crippen LogP contribution is -2.16. The third kappa shape index (κ3) is 6.65. The van der Waals surface area contributed by atoms with Crippen molar-refractivity contribution in [2.24, 2.45) is 0 Å². The van der Waals surface area contributed by atoms with E-state index in [1.165, 1.54) is 88.6 Å². The van der Waals surface area contributed by atoms with Crippen molar-refractivity contribution in [3.05, 3.63) is 254 Å². The second kappa shape index (κ2) is 15.6. The molecule has 0 saturated heterocycles. The molecule has 0 unspecified atom stereocenters. The van der Waals surface area contributed by atoms with Crippen LogP contribution in [-0.2, 0) is 5.41 Å². The van der Waals surface area contributed by atoms with Crippen LogP contribution in [0.25, 0.3) is 83.1 Å². The summed E-state index contributed by atoms with van der Waals surface area (Å²) in [6.45, 7) is 4.71. The number of hydrogen-bond acceptors (Lipinski definition) is 1. The maximum Gasteiger partial charge on any atom is 0.0541 e. The molecular formula is C63H46N2. The molecule has 0 amide bonds. The van der Waals surface area contributed by atoms with Gasteiger partial charge in [-0.3, -0.25) is 0 Å². The largest absolute Gasteiger partial charge is 0.310 e. The van der Waals surface area contributed by atoms with Crippen LogP contribution in [0.1, 0.15) is 25.0 Å². The van der Waals surface area contributed by atoms with Crippen LogP contribution in [0.4, 0.5) is 17.1 Å². The SMILES string of the molecule is CC1(C)c2ccccc2-c2ccc(N(c3ccc(-c4ccccc4)cc3)c3cccc(-c4cccc(-c5ccc6c(c5)c5ccccc5n6-c5ccc(-c6ccccc6)cc5)c4)c3)cc21. The molecule has 0 spiro atoms. The van der Waals surface area contributed by atoms with E-state index in [1.807, 2.05) is 0 Å². The predicted octanol–water partition coefficient (Wildman–Crippen LogP) is 17.2. The van der Waals surface area contributed by atoms with Crippen molar-refractivity contribution < 1.29 is 0 Å². The number of anilines is 3. The fourth-order valence-corrected chi connectivity index (χ4v) is 10.3. The first-order valence-corrected chi connectivity index (χ1v) is 22.6. The Kier molecular flexibility index (Phi) is 9.21. The summed E-state index contributed by atoms with van der Waals surface area (Å²) in [4.78, 5) is 2.42. The molecule has 308 valence electrons. The van der Waals surface area contributed by atoms with Crippen molar-refractivity contribution in [1.29, 1.82) is 0 Å².